The monoisotopic (exact) mass is 311 g/mol. The molecule has 1 heterocycles. The maximum Gasteiger partial charge on any atom is 0.231 e. The molecule has 2 atom stereocenters. The van der Waals surface area contributed by atoms with Crippen LogP contribution in [0.15, 0.2) is 4.52 Å². The van der Waals surface area contributed by atoms with Gasteiger partial charge in [-0.2, -0.15) is 16.7 Å². The Morgan fingerprint density at radius 2 is 2.05 bits per heavy atom. The van der Waals surface area contributed by atoms with Crippen LogP contribution in [0, 0.1) is 0 Å². The van der Waals surface area contributed by atoms with Crippen LogP contribution >= 0.6 is 11.8 Å². The second kappa shape index (κ2) is 8.79. The summed E-state index contributed by atoms with van der Waals surface area (Å²) in [5, 5.41) is 8.43. The minimum absolute atomic E-state index is 0.262. The van der Waals surface area contributed by atoms with Crippen LogP contribution in [-0.2, 0) is 5.75 Å². The van der Waals surface area contributed by atoms with Gasteiger partial charge in [-0.1, -0.05) is 38.3 Å². The van der Waals surface area contributed by atoms with E-state index in [2.05, 4.69) is 36.2 Å². The maximum atomic E-state index is 5.45. The van der Waals surface area contributed by atoms with Crippen LogP contribution in [0.1, 0.15) is 76.9 Å². The third-order valence-electron chi connectivity index (χ3n) is 4.34. The van der Waals surface area contributed by atoms with Gasteiger partial charge in [0.25, 0.3) is 0 Å². The van der Waals surface area contributed by atoms with Crippen molar-refractivity contribution in [2.24, 2.45) is 0 Å². The molecule has 0 aliphatic heterocycles. The first kappa shape index (κ1) is 16.8. The van der Waals surface area contributed by atoms with E-state index in [4.69, 9.17) is 4.52 Å². The molecule has 0 bridgehead atoms. The summed E-state index contributed by atoms with van der Waals surface area (Å²) in [5.41, 5.74) is 0. The Bertz CT molecular complexity index is 404. The van der Waals surface area contributed by atoms with Gasteiger partial charge in [-0.05, 0) is 32.7 Å². The summed E-state index contributed by atoms with van der Waals surface area (Å²) in [5.74, 6) is 2.77. The molecule has 0 amide bonds. The van der Waals surface area contributed by atoms with Gasteiger partial charge in [0.15, 0.2) is 5.82 Å². The normalized spacial score (nSPS) is 19.6. The van der Waals surface area contributed by atoms with Crippen LogP contribution in [0.3, 0.4) is 0 Å². The van der Waals surface area contributed by atoms with Gasteiger partial charge in [-0.25, -0.2) is 0 Å². The zero-order valence-corrected chi connectivity index (χ0v) is 14.4. The van der Waals surface area contributed by atoms with Gasteiger partial charge in [-0.3, -0.25) is 0 Å². The van der Waals surface area contributed by atoms with Gasteiger partial charge >= 0.3 is 0 Å². The molecule has 0 aromatic carbocycles. The van der Waals surface area contributed by atoms with E-state index in [9.17, 15) is 0 Å². The number of aromatic nitrogens is 2. The zero-order chi connectivity index (χ0) is 15.1. The van der Waals surface area contributed by atoms with Crippen molar-refractivity contribution in [3.05, 3.63) is 11.7 Å². The molecule has 120 valence electrons. The lowest BCUT2D eigenvalue weighted by Gasteiger charge is -2.20. The number of thioether (sulfide) groups is 1. The average molecular weight is 311 g/mol. The van der Waals surface area contributed by atoms with E-state index in [0.29, 0.717) is 6.04 Å². The second-order valence-electron chi connectivity index (χ2n) is 6.15. The van der Waals surface area contributed by atoms with E-state index in [1.807, 2.05) is 11.8 Å². The van der Waals surface area contributed by atoms with E-state index in [1.165, 1.54) is 32.1 Å². The highest BCUT2D eigenvalue weighted by molar-refractivity contribution is 7.99. The average Bonchev–Trinajstić information content (AvgIpc) is 2.99. The highest BCUT2D eigenvalue weighted by atomic mass is 32.2. The number of hydrogen-bond donors (Lipinski definition) is 1. The van der Waals surface area contributed by atoms with Crippen LogP contribution in [0.2, 0.25) is 0 Å². The van der Waals surface area contributed by atoms with Crippen molar-refractivity contribution in [3.63, 3.8) is 0 Å². The SMILES string of the molecule is CCCNC(C)C(C)c1nc(CSC2CCCCC2)no1. The summed E-state index contributed by atoms with van der Waals surface area (Å²) in [4.78, 5) is 4.59. The van der Waals surface area contributed by atoms with Crippen LogP contribution in [-0.4, -0.2) is 28.0 Å². The van der Waals surface area contributed by atoms with Crippen molar-refractivity contribution in [1.29, 1.82) is 0 Å². The summed E-state index contributed by atoms with van der Waals surface area (Å²) in [6.45, 7) is 7.54. The molecule has 1 saturated carbocycles. The molecule has 0 radical (unpaired) electrons. The van der Waals surface area contributed by atoms with Crippen LogP contribution in [0.25, 0.3) is 0 Å². The van der Waals surface area contributed by atoms with Crippen molar-refractivity contribution in [2.75, 3.05) is 6.54 Å². The minimum Gasteiger partial charge on any atom is -0.339 e. The van der Waals surface area contributed by atoms with E-state index in [0.717, 1.165) is 35.7 Å². The predicted octanol–water partition coefficient (Wildman–Crippen LogP) is 4.13. The first-order chi connectivity index (χ1) is 10.2. The molecule has 1 aliphatic carbocycles. The molecule has 0 spiro atoms. The fourth-order valence-corrected chi connectivity index (χ4v) is 3.87. The molecule has 1 N–H and O–H groups in total. The highest BCUT2D eigenvalue weighted by Gasteiger charge is 2.21. The molecular formula is C16H29N3OS. The van der Waals surface area contributed by atoms with Crippen molar-refractivity contribution in [2.45, 2.75) is 82.3 Å². The van der Waals surface area contributed by atoms with Gasteiger partial charge in [0.1, 0.15) is 0 Å². The molecule has 5 heteroatoms. The standard InChI is InChI=1S/C16H29N3OS/c1-4-10-17-13(3)12(2)16-18-15(19-20-16)11-21-14-8-6-5-7-9-14/h12-14,17H,4-11H2,1-3H3. The first-order valence-electron chi connectivity index (χ1n) is 8.38. The van der Waals surface area contributed by atoms with E-state index in [-0.39, 0.29) is 5.92 Å². The van der Waals surface area contributed by atoms with Crippen molar-refractivity contribution < 1.29 is 4.52 Å². The summed E-state index contributed by atoms with van der Waals surface area (Å²) < 4.78 is 5.45. The van der Waals surface area contributed by atoms with Gasteiger partial charge in [0, 0.05) is 11.3 Å². The Hall–Kier alpha value is -0.550. The molecule has 1 fully saturated rings. The lowest BCUT2D eigenvalue weighted by atomic mass is 10.0. The Morgan fingerprint density at radius 1 is 1.29 bits per heavy atom. The van der Waals surface area contributed by atoms with E-state index >= 15 is 0 Å². The van der Waals surface area contributed by atoms with Crippen molar-refractivity contribution in [1.82, 2.24) is 15.5 Å². The Labute approximate surface area is 132 Å². The lowest BCUT2D eigenvalue weighted by Crippen LogP contribution is -2.31. The zero-order valence-electron chi connectivity index (χ0n) is 13.6. The molecule has 4 nitrogen and oxygen atoms in total. The third-order valence-corrected chi connectivity index (χ3v) is 5.71. The van der Waals surface area contributed by atoms with Gasteiger partial charge in [0.2, 0.25) is 5.89 Å². The Kier molecular flexibility index (Phi) is 7.04. The molecule has 1 aromatic rings. The number of nitrogens with zero attached hydrogens (tertiary/aromatic N) is 2. The molecule has 2 rings (SSSR count). The first-order valence-corrected chi connectivity index (χ1v) is 9.43. The number of nitrogens with one attached hydrogen (secondary N) is 1. The highest BCUT2D eigenvalue weighted by Crippen LogP contribution is 2.30. The fourth-order valence-electron chi connectivity index (χ4n) is 2.70. The van der Waals surface area contributed by atoms with Crippen LogP contribution < -0.4 is 5.32 Å². The molecule has 2 unspecified atom stereocenters. The molecule has 0 saturated heterocycles. The Morgan fingerprint density at radius 3 is 2.76 bits per heavy atom. The van der Waals surface area contributed by atoms with Crippen LogP contribution in [0.4, 0.5) is 0 Å². The molecule has 1 aromatic heterocycles. The molecule has 1 aliphatic rings. The lowest BCUT2D eigenvalue weighted by molar-refractivity contribution is 0.329. The smallest absolute Gasteiger partial charge is 0.231 e. The van der Waals surface area contributed by atoms with Gasteiger partial charge in [-0.15, -0.1) is 0 Å². The second-order valence-corrected chi connectivity index (χ2v) is 7.44. The fraction of sp³-hybridized carbons (Fsp3) is 0.875. The minimum atomic E-state index is 0.262. The maximum absolute atomic E-state index is 5.45. The summed E-state index contributed by atoms with van der Waals surface area (Å²) >= 11 is 2.00. The van der Waals surface area contributed by atoms with E-state index in [1.54, 1.807) is 0 Å². The predicted molar refractivity (Wildman–Crippen MR) is 88.6 cm³/mol. The van der Waals surface area contributed by atoms with Crippen LogP contribution in [0.5, 0.6) is 0 Å². The van der Waals surface area contributed by atoms with Crippen molar-refractivity contribution >= 4 is 11.8 Å². The summed E-state index contributed by atoms with van der Waals surface area (Å²) in [6, 6.07) is 0.365. The van der Waals surface area contributed by atoms with Gasteiger partial charge < -0.3 is 9.84 Å². The summed E-state index contributed by atoms with van der Waals surface area (Å²) in [6.07, 6.45) is 8.01. The largest absolute Gasteiger partial charge is 0.339 e. The summed E-state index contributed by atoms with van der Waals surface area (Å²) in [7, 11) is 0. The number of hydrogen-bond acceptors (Lipinski definition) is 5. The topological polar surface area (TPSA) is 51.0 Å². The van der Waals surface area contributed by atoms with Crippen molar-refractivity contribution in [3.8, 4) is 0 Å². The quantitative estimate of drug-likeness (QED) is 0.782. The number of rotatable bonds is 8. The molecular weight excluding hydrogens is 282 g/mol. The molecule has 21 heavy (non-hydrogen) atoms. The van der Waals surface area contributed by atoms with E-state index < -0.39 is 0 Å². The third kappa shape index (κ3) is 5.29. The van der Waals surface area contributed by atoms with Gasteiger partial charge in [0.05, 0.1) is 11.7 Å². The Balaban J connectivity index is 1.79.